The summed E-state index contributed by atoms with van der Waals surface area (Å²) < 4.78 is 15.8. The van der Waals surface area contributed by atoms with E-state index in [1.165, 1.54) is 12.1 Å². The number of nitriles is 1. The van der Waals surface area contributed by atoms with Crippen LogP contribution in [-0.2, 0) is 22.6 Å². The molecule has 1 unspecified atom stereocenters. The first-order valence-corrected chi connectivity index (χ1v) is 11.9. The Morgan fingerprint density at radius 3 is 2.89 bits per heavy atom. The van der Waals surface area contributed by atoms with Crippen LogP contribution in [0.5, 0.6) is 5.75 Å². The van der Waals surface area contributed by atoms with Crippen molar-refractivity contribution in [3.8, 4) is 11.8 Å². The summed E-state index contributed by atoms with van der Waals surface area (Å²) in [6.07, 6.45) is 4.33. The quantitative estimate of drug-likeness (QED) is 0.405. The summed E-state index contributed by atoms with van der Waals surface area (Å²) in [4.78, 5) is 31.6. The van der Waals surface area contributed by atoms with Crippen LogP contribution in [0.2, 0.25) is 0 Å². The number of hydrogen-bond acceptors (Lipinski definition) is 5. The molecule has 0 saturated carbocycles. The molecule has 1 atom stereocenters. The first-order valence-electron chi connectivity index (χ1n) is 11.9. The average molecular weight is 498 g/mol. The Balaban J connectivity index is 1.20. The molecule has 0 aliphatic carbocycles. The highest BCUT2D eigenvalue weighted by atomic mass is 19.1. The van der Waals surface area contributed by atoms with Crippen LogP contribution in [0.1, 0.15) is 29.7 Å². The monoisotopic (exact) mass is 497 g/mol. The molecule has 186 valence electrons. The van der Waals surface area contributed by atoms with Crippen molar-refractivity contribution in [1.82, 2.24) is 14.9 Å². The fourth-order valence-electron chi connectivity index (χ4n) is 4.68. The zero-order valence-electron chi connectivity index (χ0n) is 19.9. The van der Waals surface area contributed by atoms with E-state index >= 15 is 0 Å². The van der Waals surface area contributed by atoms with E-state index in [1.54, 1.807) is 47.8 Å². The Morgan fingerprint density at radius 1 is 1.22 bits per heavy atom. The number of carbonyl (C=O) groups is 2. The summed E-state index contributed by atoms with van der Waals surface area (Å²) in [7, 11) is 0. The van der Waals surface area contributed by atoms with Crippen LogP contribution in [0.3, 0.4) is 0 Å². The molecule has 2 amide bonds. The molecule has 0 spiro atoms. The summed E-state index contributed by atoms with van der Waals surface area (Å²) in [6, 6.07) is 16.3. The van der Waals surface area contributed by atoms with Gasteiger partial charge >= 0.3 is 0 Å². The predicted octanol–water partition coefficient (Wildman–Crippen LogP) is 3.66. The number of imidazole rings is 1. The largest absolute Gasteiger partial charge is 0.508 e. The number of fused-ring (bicyclic) bond motifs is 1. The number of hydrogen-bond donors (Lipinski definition) is 2. The number of carbonyl (C=O) groups excluding carboxylic acids is 2. The van der Waals surface area contributed by atoms with Gasteiger partial charge in [-0.15, -0.1) is 0 Å². The number of nitrogens with one attached hydrogen (secondary N) is 1. The molecule has 1 fully saturated rings. The number of amides is 2. The van der Waals surface area contributed by atoms with E-state index < -0.39 is 11.9 Å². The van der Waals surface area contributed by atoms with Gasteiger partial charge in [0.2, 0.25) is 11.8 Å². The maximum atomic E-state index is 13.9. The van der Waals surface area contributed by atoms with E-state index in [9.17, 15) is 19.1 Å². The highest BCUT2D eigenvalue weighted by molar-refractivity contribution is 6.08. The fourth-order valence-corrected chi connectivity index (χ4v) is 4.68. The summed E-state index contributed by atoms with van der Waals surface area (Å²) in [5.41, 5.74) is 2.18. The summed E-state index contributed by atoms with van der Waals surface area (Å²) >= 11 is 0. The summed E-state index contributed by atoms with van der Waals surface area (Å²) in [6.45, 7) is 0.822. The number of benzene rings is 3. The Kier molecular flexibility index (Phi) is 6.56. The van der Waals surface area contributed by atoms with E-state index in [2.05, 4.69) is 10.3 Å². The van der Waals surface area contributed by atoms with Gasteiger partial charge in [0.1, 0.15) is 23.7 Å². The van der Waals surface area contributed by atoms with Crippen molar-refractivity contribution in [3.05, 3.63) is 89.8 Å². The van der Waals surface area contributed by atoms with Gasteiger partial charge in [0.25, 0.3) is 0 Å². The second-order valence-corrected chi connectivity index (χ2v) is 9.02. The normalized spacial score (nSPS) is 15.2. The van der Waals surface area contributed by atoms with Crippen LogP contribution in [0, 0.1) is 17.1 Å². The number of nitrogens with zero attached hydrogens (tertiary/aromatic N) is 4. The third-order valence-corrected chi connectivity index (χ3v) is 6.59. The lowest BCUT2D eigenvalue weighted by molar-refractivity contribution is -0.126. The molecule has 1 saturated heterocycles. The van der Waals surface area contributed by atoms with Crippen molar-refractivity contribution >= 4 is 28.3 Å². The molecule has 1 aliphatic heterocycles. The highest BCUT2D eigenvalue weighted by Crippen LogP contribution is 2.32. The second-order valence-electron chi connectivity index (χ2n) is 9.02. The number of aromatic nitrogens is 2. The minimum atomic E-state index is -0.619. The van der Waals surface area contributed by atoms with Gasteiger partial charge in [0.15, 0.2) is 0 Å². The maximum absolute atomic E-state index is 13.9. The molecule has 37 heavy (non-hydrogen) atoms. The molecule has 2 N–H and O–H groups in total. The first-order chi connectivity index (χ1) is 17.9. The Morgan fingerprint density at radius 2 is 2.08 bits per heavy atom. The highest BCUT2D eigenvalue weighted by Gasteiger charge is 2.34. The minimum Gasteiger partial charge on any atom is -0.508 e. The number of phenolic OH excluding ortho intramolecular Hbond substituents is 1. The summed E-state index contributed by atoms with van der Waals surface area (Å²) in [5, 5.41) is 23.4. The predicted molar refractivity (Wildman–Crippen MR) is 135 cm³/mol. The third-order valence-electron chi connectivity index (χ3n) is 6.59. The van der Waals surface area contributed by atoms with Crippen molar-refractivity contribution in [1.29, 1.82) is 5.26 Å². The van der Waals surface area contributed by atoms with Gasteiger partial charge in [-0.3, -0.25) is 9.59 Å². The van der Waals surface area contributed by atoms with Crippen molar-refractivity contribution in [3.63, 3.8) is 0 Å². The lowest BCUT2D eigenvalue weighted by atomic mass is 10.1. The molecular formula is C28H24FN5O3. The van der Waals surface area contributed by atoms with Crippen LogP contribution < -0.4 is 10.2 Å². The van der Waals surface area contributed by atoms with Crippen LogP contribution in [-0.4, -0.2) is 39.1 Å². The van der Waals surface area contributed by atoms with Crippen LogP contribution in [0.25, 0.3) is 10.8 Å². The average Bonchev–Trinajstić information content (AvgIpc) is 3.48. The van der Waals surface area contributed by atoms with Gasteiger partial charge in [-0.1, -0.05) is 24.3 Å². The number of anilines is 1. The molecule has 1 aliphatic rings. The third kappa shape index (κ3) is 5.00. The molecule has 4 aromatic rings. The van der Waals surface area contributed by atoms with Gasteiger partial charge < -0.3 is 19.9 Å². The fraction of sp³-hybridized carbons (Fsp3) is 0.214. The van der Waals surface area contributed by atoms with Gasteiger partial charge in [-0.05, 0) is 54.1 Å². The molecule has 5 rings (SSSR count). The van der Waals surface area contributed by atoms with Gasteiger partial charge in [-0.25, -0.2) is 9.37 Å². The van der Waals surface area contributed by atoms with Gasteiger partial charge in [0, 0.05) is 36.8 Å². The molecular weight excluding hydrogens is 473 g/mol. The minimum absolute atomic E-state index is 0.00935. The molecule has 9 heteroatoms. The lowest BCUT2D eigenvalue weighted by Crippen LogP contribution is -2.41. The van der Waals surface area contributed by atoms with Gasteiger partial charge in [-0.2, -0.15) is 5.26 Å². The standard InChI is InChI=1S/C28H24FN5O3/c29-24-12-18(4-5-20(24)14-30)16-33-17-31-15-21(33)7-9-27(36)32-25-10-11-34(28(25)37)26-3-1-2-19-6-8-22(35)13-23(19)26/h1-6,8,12-13,15,17,25,35H,7,9-11,16H2,(H,32,36). The number of rotatable bonds is 7. The SMILES string of the molecule is N#Cc1ccc(Cn2cncc2CCC(=O)NC2CCN(c3cccc4ccc(O)cc34)C2=O)cc1F. The van der Waals surface area contributed by atoms with E-state index in [-0.39, 0.29) is 29.5 Å². The Bertz CT molecular complexity index is 1540. The lowest BCUT2D eigenvalue weighted by Gasteiger charge is -2.19. The number of halogens is 1. The maximum Gasteiger partial charge on any atom is 0.249 e. The van der Waals surface area contributed by atoms with E-state index in [0.717, 1.165) is 16.5 Å². The Hall–Kier alpha value is -4.71. The topological polar surface area (TPSA) is 111 Å². The first kappa shape index (κ1) is 24.0. The van der Waals surface area contributed by atoms with Crippen molar-refractivity contribution in [2.75, 3.05) is 11.4 Å². The molecule has 2 heterocycles. The zero-order valence-corrected chi connectivity index (χ0v) is 19.9. The number of phenols is 1. The number of aryl methyl sites for hydroxylation is 1. The molecule has 1 aromatic heterocycles. The van der Waals surface area contributed by atoms with E-state index in [0.29, 0.717) is 37.2 Å². The molecule has 3 aromatic carbocycles. The molecule has 0 bridgehead atoms. The van der Waals surface area contributed by atoms with Crippen molar-refractivity contribution in [2.24, 2.45) is 0 Å². The summed E-state index contributed by atoms with van der Waals surface area (Å²) in [5.74, 6) is -0.873. The smallest absolute Gasteiger partial charge is 0.249 e. The van der Waals surface area contributed by atoms with Crippen molar-refractivity contribution in [2.45, 2.75) is 31.8 Å². The van der Waals surface area contributed by atoms with Crippen LogP contribution in [0.15, 0.2) is 67.1 Å². The van der Waals surface area contributed by atoms with Crippen LogP contribution >= 0.6 is 0 Å². The van der Waals surface area contributed by atoms with E-state index in [4.69, 9.17) is 5.26 Å². The number of aromatic hydroxyl groups is 1. The second kappa shape index (κ2) is 10.1. The van der Waals surface area contributed by atoms with Crippen molar-refractivity contribution < 1.29 is 19.1 Å². The molecule has 0 radical (unpaired) electrons. The Labute approximate surface area is 212 Å². The zero-order chi connectivity index (χ0) is 25.9. The van der Waals surface area contributed by atoms with E-state index in [1.807, 2.05) is 22.8 Å². The molecule has 8 nitrogen and oxygen atoms in total. The van der Waals surface area contributed by atoms with Crippen LogP contribution in [0.4, 0.5) is 10.1 Å². The van der Waals surface area contributed by atoms with Gasteiger partial charge in [0.05, 0.1) is 17.6 Å².